The van der Waals surface area contributed by atoms with Crippen LogP contribution in [0.4, 0.5) is 0 Å². The minimum Gasteiger partial charge on any atom is -0.348 e. The number of nitrogens with zero attached hydrogens (tertiary/aromatic N) is 4. The molecule has 144 valence electrons. The molecule has 0 bridgehead atoms. The molecule has 0 atom stereocenters. The van der Waals surface area contributed by atoms with Crippen LogP contribution in [0.25, 0.3) is 0 Å². The zero-order valence-electron chi connectivity index (χ0n) is 16.5. The second-order valence-corrected chi connectivity index (χ2v) is 9.01. The third kappa shape index (κ3) is 4.35. The van der Waals surface area contributed by atoms with E-state index in [4.69, 9.17) is 0 Å². The van der Waals surface area contributed by atoms with Gasteiger partial charge in [0.15, 0.2) is 10.9 Å². The van der Waals surface area contributed by atoms with Gasteiger partial charge in [0.05, 0.1) is 5.75 Å². The lowest BCUT2D eigenvalue weighted by molar-refractivity contribution is 0.102. The molecule has 0 aliphatic rings. The number of aromatic nitrogens is 4. The predicted molar refractivity (Wildman–Crippen MR) is 112 cm³/mol. The van der Waals surface area contributed by atoms with Crippen LogP contribution in [0.15, 0.2) is 28.7 Å². The molecular formula is C20H26N4OS2. The number of rotatable bonds is 8. The second-order valence-electron chi connectivity index (χ2n) is 7.03. The van der Waals surface area contributed by atoms with Gasteiger partial charge >= 0.3 is 0 Å². The van der Waals surface area contributed by atoms with Crippen molar-refractivity contribution in [1.29, 1.82) is 0 Å². The highest BCUT2D eigenvalue weighted by molar-refractivity contribution is 7.99. The third-order valence-electron chi connectivity index (χ3n) is 4.75. The first kappa shape index (κ1) is 19.9. The summed E-state index contributed by atoms with van der Waals surface area (Å²) < 4.78 is 4.23. The summed E-state index contributed by atoms with van der Waals surface area (Å²) in [6, 6.07) is 6.26. The lowest BCUT2D eigenvalue weighted by atomic mass is 10.2. The molecule has 0 aliphatic carbocycles. The van der Waals surface area contributed by atoms with Gasteiger partial charge in [-0.25, -0.2) is 0 Å². The maximum absolute atomic E-state index is 12.8. The zero-order valence-corrected chi connectivity index (χ0v) is 18.2. The minimum absolute atomic E-state index is 0.143. The van der Waals surface area contributed by atoms with Crippen molar-refractivity contribution in [3.63, 3.8) is 0 Å². The van der Waals surface area contributed by atoms with Crippen molar-refractivity contribution in [1.82, 2.24) is 19.3 Å². The average molecular weight is 403 g/mol. The van der Waals surface area contributed by atoms with E-state index in [-0.39, 0.29) is 5.78 Å². The van der Waals surface area contributed by atoms with Gasteiger partial charge in [-0.05, 0) is 37.8 Å². The lowest BCUT2D eigenvalue weighted by Crippen LogP contribution is -2.08. The number of hydrogen-bond donors (Lipinski definition) is 0. The van der Waals surface area contributed by atoms with E-state index in [0.29, 0.717) is 11.7 Å². The molecule has 0 aromatic carbocycles. The van der Waals surface area contributed by atoms with E-state index >= 15 is 0 Å². The Kier molecular flexibility index (Phi) is 6.22. The van der Waals surface area contributed by atoms with E-state index in [9.17, 15) is 4.79 Å². The van der Waals surface area contributed by atoms with Gasteiger partial charge in [-0.1, -0.05) is 31.7 Å². The second kappa shape index (κ2) is 8.44. The summed E-state index contributed by atoms with van der Waals surface area (Å²) >= 11 is 3.23. The molecule has 0 fully saturated rings. The normalized spacial score (nSPS) is 11.5. The van der Waals surface area contributed by atoms with Crippen LogP contribution in [0.2, 0.25) is 0 Å². The maximum atomic E-state index is 12.8. The Labute approximate surface area is 168 Å². The SMILES string of the molecule is Cc1cc(C(=O)CSc2nnc(C(C)C)n2C)c(C)n1CCc1cccs1. The number of Topliss-reactive ketones (excluding diaryl/α,β-unsaturated/α-hetero) is 1. The molecule has 3 aromatic rings. The molecular weight excluding hydrogens is 376 g/mol. The fourth-order valence-electron chi connectivity index (χ4n) is 3.27. The van der Waals surface area contributed by atoms with Crippen LogP contribution in [-0.2, 0) is 20.0 Å². The van der Waals surface area contributed by atoms with Crippen molar-refractivity contribution < 1.29 is 4.79 Å². The van der Waals surface area contributed by atoms with Crippen molar-refractivity contribution in [2.45, 2.75) is 51.7 Å². The summed E-state index contributed by atoms with van der Waals surface area (Å²) in [5.41, 5.74) is 3.01. The van der Waals surface area contributed by atoms with E-state index in [0.717, 1.165) is 40.9 Å². The summed E-state index contributed by atoms with van der Waals surface area (Å²) in [6.07, 6.45) is 0.993. The monoisotopic (exact) mass is 402 g/mol. The number of aryl methyl sites for hydroxylation is 2. The fourth-order valence-corrected chi connectivity index (χ4v) is 4.77. The van der Waals surface area contributed by atoms with Crippen LogP contribution in [0, 0.1) is 13.8 Å². The first-order chi connectivity index (χ1) is 12.9. The summed E-state index contributed by atoms with van der Waals surface area (Å²) in [4.78, 5) is 14.2. The van der Waals surface area contributed by atoms with Crippen LogP contribution < -0.4 is 0 Å². The molecule has 3 aromatic heterocycles. The molecule has 0 saturated carbocycles. The molecule has 7 heteroatoms. The van der Waals surface area contributed by atoms with Gasteiger partial charge in [-0.15, -0.1) is 21.5 Å². The van der Waals surface area contributed by atoms with Crippen LogP contribution in [0.3, 0.4) is 0 Å². The molecule has 0 N–H and O–H groups in total. The number of carbonyl (C=O) groups excluding carboxylic acids is 1. The van der Waals surface area contributed by atoms with Gasteiger partial charge in [-0.3, -0.25) is 4.79 Å². The van der Waals surface area contributed by atoms with E-state index < -0.39 is 0 Å². The predicted octanol–water partition coefficient (Wildman–Crippen LogP) is 4.64. The van der Waals surface area contributed by atoms with Crippen LogP contribution in [-0.4, -0.2) is 30.9 Å². The minimum atomic E-state index is 0.143. The Bertz CT molecular complexity index is 922. The molecule has 0 spiro atoms. The Morgan fingerprint density at radius 3 is 2.70 bits per heavy atom. The molecule has 0 aliphatic heterocycles. The summed E-state index contributed by atoms with van der Waals surface area (Å²) in [7, 11) is 1.96. The van der Waals surface area contributed by atoms with Gasteiger partial charge in [0, 0.05) is 41.3 Å². The Morgan fingerprint density at radius 2 is 2.07 bits per heavy atom. The lowest BCUT2D eigenvalue weighted by Gasteiger charge is -2.09. The van der Waals surface area contributed by atoms with E-state index in [1.807, 2.05) is 24.6 Å². The van der Waals surface area contributed by atoms with Crippen LogP contribution in [0.5, 0.6) is 0 Å². The van der Waals surface area contributed by atoms with Crippen molar-refractivity contribution in [2.75, 3.05) is 5.75 Å². The van der Waals surface area contributed by atoms with Gasteiger partial charge in [-0.2, -0.15) is 0 Å². The number of thiophene rings is 1. The van der Waals surface area contributed by atoms with Crippen LogP contribution >= 0.6 is 23.1 Å². The van der Waals surface area contributed by atoms with Gasteiger partial charge in [0.1, 0.15) is 5.82 Å². The molecule has 3 rings (SSSR count). The number of carbonyl (C=O) groups is 1. The summed E-state index contributed by atoms with van der Waals surface area (Å²) in [6.45, 7) is 9.20. The first-order valence-corrected chi connectivity index (χ1v) is 11.0. The Balaban J connectivity index is 1.67. The topological polar surface area (TPSA) is 52.7 Å². The summed E-state index contributed by atoms with van der Waals surface area (Å²) in [5.74, 6) is 1.77. The van der Waals surface area contributed by atoms with E-state index in [1.54, 1.807) is 11.3 Å². The molecule has 0 radical (unpaired) electrons. The highest BCUT2D eigenvalue weighted by Gasteiger charge is 2.18. The van der Waals surface area contributed by atoms with Crippen molar-refractivity contribution >= 4 is 28.9 Å². The molecule has 0 amide bonds. The highest BCUT2D eigenvalue weighted by Crippen LogP contribution is 2.23. The highest BCUT2D eigenvalue weighted by atomic mass is 32.2. The number of ketones is 1. The van der Waals surface area contributed by atoms with Crippen LogP contribution in [0.1, 0.15) is 52.2 Å². The van der Waals surface area contributed by atoms with Gasteiger partial charge in [0.25, 0.3) is 0 Å². The largest absolute Gasteiger partial charge is 0.348 e. The van der Waals surface area contributed by atoms with Crippen molar-refractivity contribution in [2.24, 2.45) is 7.05 Å². The Hall–Kier alpha value is -1.86. The smallest absolute Gasteiger partial charge is 0.191 e. The first-order valence-electron chi connectivity index (χ1n) is 9.13. The van der Waals surface area contributed by atoms with Gasteiger partial charge in [0.2, 0.25) is 0 Å². The average Bonchev–Trinajstić information content (AvgIpc) is 3.32. The molecule has 0 unspecified atom stereocenters. The molecule has 5 nitrogen and oxygen atoms in total. The molecule has 27 heavy (non-hydrogen) atoms. The van der Waals surface area contributed by atoms with Crippen molar-refractivity contribution in [3.8, 4) is 0 Å². The standard InChI is InChI=1S/C20H26N4OS2/c1-13(2)19-21-22-20(23(19)5)27-12-18(25)17-11-14(3)24(15(17)4)9-8-16-7-6-10-26-16/h6-7,10-11,13H,8-9,12H2,1-5H3. The summed E-state index contributed by atoms with van der Waals surface area (Å²) in [5, 5.41) is 11.3. The molecule has 3 heterocycles. The number of thioether (sulfide) groups is 1. The maximum Gasteiger partial charge on any atom is 0.191 e. The zero-order chi connectivity index (χ0) is 19.6. The number of hydrogen-bond acceptors (Lipinski definition) is 5. The molecule has 0 saturated heterocycles. The van der Waals surface area contributed by atoms with E-state index in [2.05, 4.69) is 53.0 Å². The van der Waals surface area contributed by atoms with E-state index in [1.165, 1.54) is 16.6 Å². The Morgan fingerprint density at radius 1 is 1.30 bits per heavy atom. The third-order valence-corrected chi connectivity index (χ3v) is 6.71. The van der Waals surface area contributed by atoms with Crippen molar-refractivity contribution in [3.05, 3.63) is 51.2 Å². The van der Waals surface area contributed by atoms with Gasteiger partial charge < -0.3 is 9.13 Å². The fraction of sp³-hybridized carbons (Fsp3) is 0.450. The quantitative estimate of drug-likeness (QED) is 0.407.